The third-order valence-corrected chi connectivity index (χ3v) is 6.56. The molecule has 0 radical (unpaired) electrons. The number of imidazole rings is 1. The molecule has 0 spiro atoms. The molecule has 6 nitrogen and oxygen atoms in total. The highest BCUT2D eigenvalue weighted by Gasteiger charge is 2.30. The summed E-state index contributed by atoms with van der Waals surface area (Å²) < 4.78 is 47.2. The van der Waals surface area contributed by atoms with Gasteiger partial charge in [0.25, 0.3) is 0 Å². The van der Waals surface area contributed by atoms with Crippen LogP contribution in [0.3, 0.4) is 0 Å². The Balaban J connectivity index is 1.60. The molecule has 2 aromatic heterocycles. The summed E-state index contributed by atoms with van der Waals surface area (Å²) in [6.07, 6.45) is 0.104. The summed E-state index contributed by atoms with van der Waals surface area (Å²) in [6, 6.07) is 14.8. The third kappa shape index (κ3) is 4.89. The molecule has 0 unspecified atom stereocenters. The van der Waals surface area contributed by atoms with E-state index >= 15 is 0 Å². The van der Waals surface area contributed by atoms with Crippen LogP contribution in [0.5, 0.6) is 5.88 Å². The topological polar surface area (TPSA) is 76.6 Å². The van der Waals surface area contributed by atoms with Gasteiger partial charge in [0.05, 0.1) is 12.2 Å². The lowest BCUT2D eigenvalue weighted by molar-refractivity contribution is -0.137. The second-order valence-electron chi connectivity index (χ2n) is 9.16. The fraction of sp³-hybridized carbons (Fsp3) is 0.333. The smallest absolute Gasteiger partial charge is 0.416 e. The van der Waals surface area contributed by atoms with Crippen LogP contribution in [0.1, 0.15) is 48.2 Å². The molecular weight excluding hydrogens is 467 g/mol. The van der Waals surface area contributed by atoms with Gasteiger partial charge >= 0.3 is 6.18 Å². The number of halogens is 3. The minimum atomic E-state index is -4.41. The van der Waals surface area contributed by atoms with E-state index in [1.54, 1.807) is 0 Å². The van der Waals surface area contributed by atoms with Gasteiger partial charge in [-0.3, -0.25) is 0 Å². The first-order valence-corrected chi connectivity index (χ1v) is 11.9. The van der Waals surface area contributed by atoms with Gasteiger partial charge in [-0.15, -0.1) is 0 Å². The van der Waals surface area contributed by atoms with Gasteiger partial charge in [-0.2, -0.15) is 28.4 Å². The molecule has 0 aliphatic heterocycles. The molecule has 0 N–H and O–H groups in total. The molecule has 1 fully saturated rings. The number of rotatable bonds is 7. The van der Waals surface area contributed by atoms with E-state index in [1.165, 1.54) is 31.4 Å². The second kappa shape index (κ2) is 9.61. The predicted molar refractivity (Wildman–Crippen MR) is 128 cm³/mol. The van der Waals surface area contributed by atoms with E-state index in [1.807, 2.05) is 41.8 Å². The lowest BCUT2D eigenvalue weighted by atomic mass is 9.83. The molecule has 0 bridgehead atoms. The molecule has 0 saturated heterocycles. The Morgan fingerprint density at radius 2 is 1.86 bits per heavy atom. The average Bonchev–Trinajstić information content (AvgIpc) is 3.18. The standard InChI is InChI=1S/C27H24F3N5O/c1-17-4-2-7-20(14-17)25-34-24-23(35(25)16-19-8-10-21(11-9-19)27(28,29)30)26(33-22(15-31)32-24)36-13-12-18-5-3-6-18/h2,4,7-11,14,18H,3,5-6,12-13,16H2,1H3. The molecule has 1 saturated carbocycles. The van der Waals surface area contributed by atoms with E-state index < -0.39 is 11.7 Å². The summed E-state index contributed by atoms with van der Waals surface area (Å²) >= 11 is 0. The number of nitrogens with zero attached hydrogens (tertiary/aromatic N) is 5. The Morgan fingerprint density at radius 3 is 2.50 bits per heavy atom. The van der Waals surface area contributed by atoms with Crippen LogP contribution in [0.2, 0.25) is 0 Å². The summed E-state index contributed by atoms with van der Waals surface area (Å²) in [4.78, 5) is 13.4. The summed E-state index contributed by atoms with van der Waals surface area (Å²) in [5, 5.41) is 9.48. The van der Waals surface area contributed by atoms with Gasteiger partial charge in [-0.25, -0.2) is 4.98 Å². The minimum absolute atomic E-state index is 0.0453. The maximum Gasteiger partial charge on any atom is 0.416 e. The molecule has 0 atom stereocenters. The Labute approximate surface area is 206 Å². The number of ether oxygens (including phenoxy) is 1. The summed E-state index contributed by atoms with van der Waals surface area (Å²) in [6.45, 7) is 2.65. The molecule has 1 aliphatic carbocycles. The molecule has 0 amide bonds. The molecular formula is C27H24F3N5O. The first-order valence-electron chi connectivity index (χ1n) is 11.9. The minimum Gasteiger partial charge on any atom is -0.476 e. The second-order valence-corrected chi connectivity index (χ2v) is 9.16. The highest BCUT2D eigenvalue weighted by Crippen LogP contribution is 2.33. The zero-order valence-corrected chi connectivity index (χ0v) is 19.7. The summed E-state index contributed by atoms with van der Waals surface area (Å²) in [7, 11) is 0. The lowest BCUT2D eigenvalue weighted by Crippen LogP contribution is -2.15. The lowest BCUT2D eigenvalue weighted by Gasteiger charge is -2.24. The van der Waals surface area contributed by atoms with Gasteiger partial charge in [-0.1, -0.05) is 55.2 Å². The quantitative estimate of drug-likeness (QED) is 0.303. The van der Waals surface area contributed by atoms with Crippen LogP contribution in [0, 0.1) is 24.2 Å². The first-order chi connectivity index (χ1) is 17.3. The van der Waals surface area contributed by atoms with Gasteiger partial charge < -0.3 is 9.30 Å². The van der Waals surface area contributed by atoms with Crippen LogP contribution in [-0.4, -0.2) is 26.1 Å². The molecule has 5 rings (SSSR count). The third-order valence-electron chi connectivity index (χ3n) is 6.56. The number of benzene rings is 2. The summed E-state index contributed by atoms with van der Waals surface area (Å²) in [5.74, 6) is 1.42. The van der Waals surface area contributed by atoms with Crippen molar-refractivity contribution in [1.82, 2.24) is 19.5 Å². The van der Waals surface area contributed by atoms with Crippen LogP contribution >= 0.6 is 0 Å². The normalized spacial score (nSPS) is 14.0. The number of fused-ring (bicyclic) bond motifs is 1. The fourth-order valence-electron chi connectivity index (χ4n) is 4.40. The molecule has 184 valence electrons. The number of alkyl halides is 3. The zero-order valence-electron chi connectivity index (χ0n) is 19.7. The first kappa shape index (κ1) is 23.8. The van der Waals surface area contributed by atoms with Crippen molar-refractivity contribution in [2.45, 2.75) is 45.3 Å². The van der Waals surface area contributed by atoms with Crippen LogP contribution < -0.4 is 4.74 Å². The summed E-state index contributed by atoms with van der Waals surface area (Å²) in [5.41, 5.74) is 2.62. The maximum absolute atomic E-state index is 13.1. The number of nitriles is 1. The molecule has 1 aliphatic rings. The number of hydrogen-bond donors (Lipinski definition) is 0. The largest absolute Gasteiger partial charge is 0.476 e. The van der Waals surface area contributed by atoms with Gasteiger partial charge in [0, 0.05) is 12.1 Å². The van der Waals surface area contributed by atoms with Crippen molar-refractivity contribution in [3.05, 3.63) is 71.0 Å². The van der Waals surface area contributed by atoms with Crippen molar-refractivity contribution >= 4 is 11.2 Å². The van der Waals surface area contributed by atoms with Crippen molar-refractivity contribution in [2.75, 3.05) is 6.61 Å². The Hall–Kier alpha value is -3.93. The van der Waals surface area contributed by atoms with Gasteiger partial charge in [-0.05, 0) is 43.0 Å². The molecule has 9 heteroatoms. The monoisotopic (exact) mass is 491 g/mol. The highest BCUT2D eigenvalue weighted by atomic mass is 19.4. The molecule has 36 heavy (non-hydrogen) atoms. The number of aryl methyl sites for hydroxylation is 1. The van der Waals surface area contributed by atoms with Crippen molar-refractivity contribution in [1.29, 1.82) is 5.26 Å². The average molecular weight is 492 g/mol. The van der Waals surface area contributed by atoms with E-state index in [4.69, 9.17) is 9.72 Å². The van der Waals surface area contributed by atoms with Crippen LogP contribution in [-0.2, 0) is 12.7 Å². The Bertz CT molecular complexity index is 1430. The van der Waals surface area contributed by atoms with E-state index in [-0.39, 0.29) is 18.2 Å². The van der Waals surface area contributed by atoms with E-state index in [0.717, 1.165) is 29.7 Å². The van der Waals surface area contributed by atoms with Crippen molar-refractivity contribution < 1.29 is 17.9 Å². The van der Waals surface area contributed by atoms with Crippen LogP contribution in [0.4, 0.5) is 13.2 Å². The SMILES string of the molecule is Cc1cccc(-c2nc3nc(C#N)nc(OCCC4CCC4)c3n2Cc2ccc(C(F)(F)F)cc2)c1. The number of aromatic nitrogens is 4. The van der Waals surface area contributed by atoms with Crippen molar-refractivity contribution in [2.24, 2.45) is 5.92 Å². The molecule has 2 aromatic carbocycles. The van der Waals surface area contributed by atoms with Crippen molar-refractivity contribution in [3.8, 4) is 23.3 Å². The van der Waals surface area contributed by atoms with E-state index in [0.29, 0.717) is 35.1 Å². The van der Waals surface area contributed by atoms with Crippen LogP contribution in [0.15, 0.2) is 48.5 Å². The van der Waals surface area contributed by atoms with E-state index in [2.05, 4.69) is 9.97 Å². The molecule has 2 heterocycles. The predicted octanol–water partition coefficient (Wildman–Crippen LogP) is 6.31. The van der Waals surface area contributed by atoms with Gasteiger partial charge in [0.2, 0.25) is 11.7 Å². The fourth-order valence-corrected chi connectivity index (χ4v) is 4.40. The van der Waals surface area contributed by atoms with Gasteiger partial charge in [0.15, 0.2) is 11.2 Å². The zero-order chi connectivity index (χ0) is 25.3. The van der Waals surface area contributed by atoms with Crippen LogP contribution in [0.25, 0.3) is 22.6 Å². The van der Waals surface area contributed by atoms with E-state index in [9.17, 15) is 18.4 Å². The van der Waals surface area contributed by atoms with Crippen molar-refractivity contribution in [3.63, 3.8) is 0 Å². The molecule has 4 aromatic rings. The Kier molecular flexibility index (Phi) is 6.35. The maximum atomic E-state index is 13.1. The Morgan fingerprint density at radius 1 is 1.08 bits per heavy atom. The number of hydrogen-bond acceptors (Lipinski definition) is 5. The van der Waals surface area contributed by atoms with Gasteiger partial charge in [0.1, 0.15) is 11.9 Å². The highest BCUT2D eigenvalue weighted by molar-refractivity contribution is 5.82.